The van der Waals surface area contributed by atoms with Crippen molar-refractivity contribution in [1.29, 1.82) is 0 Å². The Bertz CT molecular complexity index is 1560. The van der Waals surface area contributed by atoms with Gasteiger partial charge in [0, 0.05) is 24.2 Å². The molecular weight excluding hydrogens is 519 g/mol. The first-order valence-electron chi connectivity index (χ1n) is 11.5. The number of aromatic nitrogens is 2. The van der Waals surface area contributed by atoms with E-state index in [1.165, 1.54) is 47.0 Å². The zero-order valence-corrected chi connectivity index (χ0v) is 21.9. The first-order chi connectivity index (χ1) is 17.8. The van der Waals surface area contributed by atoms with Crippen LogP contribution in [0, 0.1) is 12.7 Å². The van der Waals surface area contributed by atoms with Crippen LogP contribution in [0.25, 0.3) is 10.2 Å². The summed E-state index contributed by atoms with van der Waals surface area (Å²) in [5.41, 5.74) is 1.99. The van der Waals surface area contributed by atoms with Crippen molar-refractivity contribution in [3.8, 4) is 5.75 Å². The van der Waals surface area contributed by atoms with E-state index in [-0.39, 0.29) is 35.5 Å². The summed E-state index contributed by atoms with van der Waals surface area (Å²) in [6.07, 6.45) is 0. The molecule has 2 aromatic carbocycles. The van der Waals surface area contributed by atoms with E-state index in [4.69, 9.17) is 9.47 Å². The third-order valence-corrected chi connectivity index (χ3v) is 9.15. The number of sulfonamides is 1. The Hall–Kier alpha value is -3.32. The topological polar surface area (TPSA) is 103 Å². The lowest BCUT2D eigenvalue weighted by Gasteiger charge is -2.26. The van der Waals surface area contributed by atoms with E-state index < -0.39 is 10.0 Å². The van der Waals surface area contributed by atoms with Gasteiger partial charge in [0.05, 0.1) is 37.4 Å². The molecule has 0 aliphatic carbocycles. The molecule has 5 rings (SSSR count). The quantitative estimate of drug-likeness (QED) is 0.379. The number of morpholine rings is 1. The van der Waals surface area contributed by atoms with Crippen LogP contribution < -0.4 is 10.1 Å². The molecule has 1 aliphatic rings. The molecule has 194 valence electrons. The van der Waals surface area contributed by atoms with Crippen molar-refractivity contribution in [1.82, 2.24) is 14.1 Å². The van der Waals surface area contributed by atoms with Gasteiger partial charge in [-0.3, -0.25) is 9.48 Å². The molecule has 1 fully saturated rings. The van der Waals surface area contributed by atoms with Crippen LogP contribution >= 0.6 is 11.3 Å². The van der Waals surface area contributed by atoms with Crippen molar-refractivity contribution >= 4 is 43.2 Å². The van der Waals surface area contributed by atoms with Gasteiger partial charge < -0.3 is 14.8 Å². The molecule has 0 atom stereocenters. The maximum atomic E-state index is 13.3. The van der Waals surface area contributed by atoms with Crippen molar-refractivity contribution in [2.75, 3.05) is 38.7 Å². The Balaban J connectivity index is 1.40. The average molecular weight is 545 g/mol. The van der Waals surface area contributed by atoms with Crippen LogP contribution in [0.5, 0.6) is 5.75 Å². The number of ether oxygens (including phenoxy) is 2. The summed E-state index contributed by atoms with van der Waals surface area (Å²) >= 11 is 1.28. The van der Waals surface area contributed by atoms with Crippen molar-refractivity contribution in [2.45, 2.75) is 18.4 Å². The highest BCUT2D eigenvalue weighted by atomic mass is 32.2. The molecule has 9 nitrogen and oxygen atoms in total. The number of thiophene rings is 1. The van der Waals surface area contributed by atoms with Gasteiger partial charge in [-0.05, 0) is 48.9 Å². The van der Waals surface area contributed by atoms with Crippen molar-refractivity contribution in [2.24, 2.45) is 0 Å². The third kappa shape index (κ3) is 5.10. The zero-order chi connectivity index (χ0) is 26.2. The highest BCUT2D eigenvalue weighted by molar-refractivity contribution is 7.89. The molecule has 0 bridgehead atoms. The molecule has 4 aromatic rings. The second-order valence-corrected chi connectivity index (χ2v) is 11.5. The minimum absolute atomic E-state index is 0.0168. The minimum atomic E-state index is -3.84. The summed E-state index contributed by atoms with van der Waals surface area (Å²) in [5.74, 6) is -0.475. The summed E-state index contributed by atoms with van der Waals surface area (Å²) in [6, 6.07) is 12.5. The van der Waals surface area contributed by atoms with Crippen molar-refractivity contribution in [3.05, 3.63) is 70.5 Å². The van der Waals surface area contributed by atoms with Gasteiger partial charge in [0.2, 0.25) is 10.0 Å². The van der Waals surface area contributed by atoms with E-state index in [1.807, 2.05) is 6.92 Å². The molecule has 1 amide bonds. The SMILES string of the molecule is COc1ccc(NC(=O)c2cc3c(C)nn(Cc4ccc(F)cc4)c3s2)cc1S(=O)(=O)N1CCOCC1. The van der Waals surface area contributed by atoms with Crippen LogP contribution in [0.2, 0.25) is 0 Å². The molecule has 0 saturated carbocycles. The van der Waals surface area contributed by atoms with Gasteiger partial charge in [0.15, 0.2) is 0 Å². The molecule has 1 N–H and O–H groups in total. The number of nitrogens with one attached hydrogen (secondary N) is 1. The minimum Gasteiger partial charge on any atom is -0.495 e. The summed E-state index contributed by atoms with van der Waals surface area (Å²) in [7, 11) is -2.43. The predicted molar refractivity (Wildman–Crippen MR) is 138 cm³/mol. The fourth-order valence-electron chi connectivity index (χ4n) is 4.17. The Kier molecular flexibility index (Phi) is 6.99. The van der Waals surface area contributed by atoms with Gasteiger partial charge in [-0.25, -0.2) is 12.8 Å². The van der Waals surface area contributed by atoms with E-state index in [0.29, 0.717) is 30.3 Å². The summed E-state index contributed by atoms with van der Waals surface area (Å²) in [5, 5.41) is 8.22. The molecule has 0 spiro atoms. The number of methoxy groups -OCH3 is 1. The van der Waals surface area contributed by atoms with Crippen molar-refractivity contribution < 1.29 is 27.1 Å². The Morgan fingerprint density at radius 2 is 1.89 bits per heavy atom. The van der Waals surface area contributed by atoms with Crippen LogP contribution in [0.3, 0.4) is 0 Å². The fraction of sp³-hybridized carbons (Fsp3) is 0.280. The highest BCUT2D eigenvalue weighted by Gasteiger charge is 2.30. The van der Waals surface area contributed by atoms with Crippen LogP contribution in [0.4, 0.5) is 10.1 Å². The standard InChI is InChI=1S/C25H25FN4O5S2/c1-16-20-14-22(36-25(20)30(28-16)15-17-3-5-18(26)6-4-17)24(31)27-19-7-8-21(34-2)23(13-19)37(32,33)29-9-11-35-12-10-29/h3-8,13-14H,9-12,15H2,1-2H3,(H,27,31). The monoisotopic (exact) mass is 544 g/mol. The molecule has 1 saturated heterocycles. The smallest absolute Gasteiger partial charge is 0.265 e. The number of benzene rings is 2. The summed E-state index contributed by atoms with van der Waals surface area (Å²) in [4.78, 5) is 14.4. The van der Waals surface area contributed by atoms with Gasteiger partial charge in [0.25, 0.3) is 5.91 Å². The Morgan fingerprint density at radius 3 is 2.59 bits per heavy atom. The number of amides is 1. The first kappa shape index (κ1) is 25.3. The van der Waals surface area contributed by atoms with Gasteiger partial charge >= 0.3 is 0 Å². The molecule has 3 heterocycles. The Morgan fingerprint density at radius 1 is 1.16 bits per heavy atom. The van der Waals surface area contributed by atoms with Gasteiger partial charge in [0.1, 0.15) is 21.3 Å². The van der Waals surface area contributed by atoms with E-state index >= 15 is 0 Å². The van der Waals surface area contributed by atoms with Crippen molar-refractivity contribution in [3.63, 3.8) is 0 Å². The van der Waals surface area contributed by atoms with Crippen LogP contribution in [-0.4, -0.2) is 61.8 Å². The number of fused-ring (bicyclic) bond motifs is 1. The first-order valence-corrected chi connectivity index (χ1v) is 13.8. The zero-order valence-electron chi connectivity index (χ0n) is 20.2. The van der Waals surface area contributed by atoms with Gasteiger partial charge in [-0.2, -0.15) is 9.40 Å². The van der Waals surface area contributed by atoms with Crippen LogP contribution in [0.1, 0.15) is 20.9 Å². The number of carbonyl (C=O) groups is 1. The second-order valence-electron chi connectivity index (χ2n) is 8.54. The number of halogens is 1. The molecule has 0 radical (unpaired) electrons. The summed E-state index contributed by atoms with van der Waals surface area (Å²) in [6.45, 7) is 3.44. The molecule has 12 heteroatoms. The number of hydrogen-bond donors (Lipinski definition) is 1. The van der Waals surface area contributed by atoms with Crippen LogP contribution in [-0.2, 0) is 21.3 Å². The molecule has 37 heavy (non-hydrogen) atoms. The number of carbonyl (C=O) groups excluding carboxylic acids is 1. The number of nitrogens with zero attached hydrogens (tertiary/aromatic N) is 3. The normalized spacial score (nSPS) is 14.7. The van der Waals surface area contributed by atoms with E-state index in [1.54, 1.807) is 28.9 Å². The lowest BCUT2D eigenvalue weighted by atomic mass is 10.2. The highest BCUT2D eigenvalue weighted by Crippen LogP contribution is 2.32. The number of anilines is 1. The Labute approximate surface area is 217 Å². The number of hydrogen-bond acceptors (Lipinski definition) is 7. The predicted octanol–water partition coefficient (Wildman–Crippen LogP) is 3.88. The second kappa shape index (κ2) is 10.2. The largest absolute Gasteiger partial charge is 0.495 e. The maximum Gasteiger partial charge on any atom is 0.265 e. The molecule has 1 aliphatic heterocycles. The third-order valence-electron chi connectivity index (χ3n) is 6.09. The van der Waals surface area contributed by atoms with Crippen LogP contribution in [0.15, 0.2) is 53.4 Å². The fourth-order valence-corrected chi connectivity index (χ4v) is 6.81. The average Bonchev–Trinajstić information content (AvgIpc) is 3.47. The van der Waals surface area contributed by atoms with E-state index in [0.717, 1.165) is 21.5 Å². The lowest BCUT2D eigenvalue weighted by Crippen LogP contribution is -2.40. The van der Waals surface area contributed by atoms with Gasteiger partial charge in [-0.1, -0.05) is 12.1 Å². The molecular formula is C25H25FN4O5S2. The number of aryl methyl sites for hydroxylation is 1. The van der Waals surface area contributed by atoms with Gasteiger partial charge in [-0.15, -0.1) is 11.3 Å². The number of rotatable bonds is 7. The van der Waals surface area contributed by atoms with E-state index in [2.05, 4.69) is 10.4 Å². The summed E-state index contributed by atoms with van der Waals surface area (Å²) < 4.78 is 53.5. The van der Waals surface area contributed by atoms with E-state index in [9.17, 15) is 17.6 Å². The molecule has 0 unspecified atom stereocenters. The maximum absolute atomic E-state index is 13.3. The molecule has 2 aromatic heterocycles. The lowest BCUT2D eigenvalue weighted by molar-refractivity contribution is 0.0729.